The van der Waals surface area contributed by atoms with E-state index in [-0.39, 0.29) is 25.5 Å². The van der Waals surface area contributed by atoms with Gasteiger partial charge in [0.25, 0.3) is 5.91 Å². The first-order valence-corrected chi connectivity index (χ1v) is 11.7. The van der Waals surface area contributed by atoms with Crippen molar-refractivity contribution in [2.75, 3.05) is 38.6 Å². The van der Waals surface area contributed by atoms with E-state index in [4.69, 9.17) is 4.74 Å². The zero-order valence-corrected chi connectivity index (χ0v) is 21.1. The molecule has 0 fully saturated rings. The van der Waals surface area contributed by atoms with Crippen molar-refractivity contribution in [1.29, 1.82) is 0 Å². The van der Waals surface area contributed by atoms with Crippen molar-refractivity contribution in [3.05, 3.63) is 69.8 Å². The Morgan fingerprint density at radius 1 is 1.21 bits per heavy atom. The van der Waals surface area contributed by atoms with Gasteiger partial charge in [0.1, 0.15) is 29.1 Å². The van der Waals surface area contributed by atoms with Crippen molar-refractivity contribution in [2.45, 2.75) is 26.0 Å². The van der Waals surface area contributed by atoms with Gasteiger partial charge in [0.15, 0.2) is 0 Å². The zero-order valence-electron chi connectivity index (χ0n) is 19.2. The number of nitrogens with one attached hydrogen (secondary N) is 1. The fourth-order valence-corrected chi connectivity index (χ4v) is 4.56. The van der Waals surface area contributed by atoms with Crippen LogP contribution in [-0.4, -0.2) is 54.5 Å². The molecule has 4 rings (SSSR count). The van der Waals surface area contributed by atoms with Crippen LogP contribution in [0.4, 0.5) is 5.82 Å². The number of anilines is 1. The predicted octanol–water partition coefficient (Wildman–Crippen LogP) is 3.78. The molecular weight excluding hydrogens is 454 g/mol. The first kappa shape index (κ1) is 25.0. The number of carbonyl (C=O) groups is 1. The molecule has 0 spiro atoms. The molecular formula is C24H31N5O2S2. The number of hydrogen-bond donors (Lipinski definition) is 1. The number of ether oxygens (including phenoxy) is 1. The molecule has 3 aromatic rings. The molecule has 176 valence electrons. The van der Waals surface area contributed by atoms with E-state index in [9.17, 15) is 4.79 Å². The lowest BCUT2D eigenvalue weighted by Gasteiger charge is -2.22. The van der Waals surface area contributed by atoms with Crippen LogP contribution >= 0.6 is 24.8 Å². The Labute approximate surface area is 206 Å². The molecule has 0 bridgehead atoms. The molecule has 1 aromatic carbocycles. The van der Waals surface area contributed by atoms with Gasteiger partial charge in [0, 0.05) is 44.2 Å². The Hall–Kier alpha value is -2.62. The summed E-state index contributed by atoms with van der Waals surface area (Å²) in [5.74, 6) is 2.17. The molecule has 0 radical (unpaired) electrons. The van der Waals surface area contributed by atoms with E-state index < -0.39 is 0 Å². The standard InChI is InChI=1S/C24H29N5O2S.H2S/c1-17-26-15-20-23(27-17)28(3)12-13-29(24(20)30)16-18-6-8-19(9-7-18)31-21(10-11-25-2)22-5-4-14-32-22;/h4-9,14-15,21,25H,10-13,16H2,1-3H3;1H2/t21-;/m0./s1. The summed E-state index contributed by atoms with van der Waals surface area (Å²) in [6.07, 6.45) is 2.56. The lowest BCUT2D eigenvalue weighted by molar-refractivity contribution is 0.0754. The van der Waals surface area contributed by atoms with Crippen LogP contribution in [-0.2, 0) is 6.54 Å². The smallest absolute Gasteiger partial charge is 0.259 e. The third-order valence-corrected chi connectivity index (χ3v) is 6.53. The summed E-state index contributed by atoms with van der Waals surface area (Å²) in [6.45, 7) is 4.62. The minimum absolute atomic E-state index is 0. The first-order valence-electron chi connectivity index (χ1n) is 10.8. The largest absolute Gasteiger partial charge is 0.485 e. The Bertz CT molecular complexity index is 1040. The molecule has 1 atom stereocenters. The van der Waals surface area contributed by atoms with E-state index in [2.05, 4.69) is 32.8 Å². The molecule has 3 heterocycles. The van der Waals surface area contributed by atoms with E-state index in [1.807, 2.05) is 55.1 Å². The Morgan fingerprint density at radius 3 is 2.70 bits per heavy atom. The molecule has 0 aliphatic carbocycles. The van der Waals surface area contributed by atoms with Crippen LogP contribution in [0.15, 0.2) is 48.0 Å². The van der Waals surface area contributed by atoms with Gasteiger partial charge in [-0.15, -0.1) is 11.3 Å². The van der Waals surface area contributed by atoms with Gasteiger partial charge in [-0.2, -0.15) is 13.5 Å². The van der Waals surface area contributed by atoms with Crippen LogP contribution in [0.3, 0.4) is 0 Å². The van der Waals surface area contributed by atoms with Crippen molar-refractivity contribution in [3.8, 4) is 5.75 Å². The average molecular weight is 486 g/mol. The van der Waals surface area contributed by atoms with Gasteiger partial charge in [0.2, 0.25) is 0 Å². The second-order valence-corrected chi connectivity index (χ2v) is 8.94. The number of rotatable bonds is 8. The number of aryl methyl sites for hydroxylation is 1. The summed E-state index contributed by atoms with van der Waals surface area (Å²) in [4.78, 5) is 26.9. The maximum absolute atomic E-state index is 13.1. The summed E-state index contributed by atoms with van der Waals surface area (Å²) >= 11 is 1.71. The van der Waals surface area contributed by atoms with Crippen molar-refractivity contribution in [2.24, 2.45) is 0 Å². The van der Waals surface area contributed by atoms with Crippen LogP contribution < -0.4 is 15.0 Å². The van der Waals surface area contributed by atoms with Crippen LogP contribution in [0.25, 0.3) is 0 Å². The van der Waals surface area contributed by atoms with Gasteiger partial charge < -0.3 is 19.9 Å². The van der Waals surface area contributed by atoms with Gasteiger partial charge >= 0.3 is 0 Å². The number of amides is 1. The average Bonchev–Trinajstić information content (AvgIpc) is 3.31. The van der Waals surface area contributed by atoms with Crippen molar-refractivity contribution < 1.29 is 9.53 Å². The van der Waals surface area contributed by atoms with E-state index in [0.29, 0.717) is 30.3 Å². The third-order valence-electron chi connectivity index (χ3n) is 5.57. The maximum Gasteiger partial charge on any atom is 0.259 e. The second kappa shape index (κ2) is 11.5. The Kier molecular flexibility index (Phi) is 8.71. The van der Waals surface area contributed by atoms with Gasteiger partial charge in [-0.05, 0) is 49.7 Å². The van der Waals surface area contributed by atoms with Crippen LogP contribution in [0.1, 0.15) is 39.1 Å². The number of carbonyl (C=O) groups excluding carboxylic acids is 1. The van der Waals surface area contributed by atoms with E-state index in [1.165, 1.54) is 4.88 Å². The maximum atomic E-state index is 13.1. The van der Waals surface area contributed by atoms with Crippen molar-refractivity contribution in [1.82, 2.24) is 20.2 Å². The Morgan fingerprint density at radius 2 is 2.00 bits per heavy atom. The number of likely N-dealkylation sites (N-methyl/N-ethyl adjacent to an activating group) is 1. The molecule has 9 heteroatoms. The van der Waals surface area contributed by atoms with E-state index in [1.54, 1.807) is 17.5 Å². The van der Waals surface area contributed by atoms with E-state index in [0.717, 1.165) is 30.8 Å². The van der Waals surface area contributed by atoms with Crippen LogP contribution in [0, 0.1) is 6.92 Å². The van der Waals surface area contributed by atoms with E-state index >= 15 is 0 Å². The lowest BCUT2D eigenvalue weighted by atomic mass is 10.1. The van der Waals surface area contributed by atoms with Gasteiger partial charge in [0.05, 0.1) is 0 Å². The molecule has 1 N–H and O–H groups in total. The topological polar surface area (TPSA) is 70.6 Å². The molecule has 0 saturated carbocycles. The molecule has 33 heavy (non-hydrogen) atoms. The van der Waals surface area contributed by atoms with Gasteiger partial charge in [-0.3, -0.25) is 4.79 Å². The number of benzene rings is 1. The van der Waals surface area contributed by atoms with Crippen molar-refractivity contribution in [3.63, 3.8) is 0 Å². The monoisotopic (exact) mass is 485 g/mol. The number of nitrogens with zero attached hydrogens (tertiary/aromatic N) is 4. The normalized spacial score (nSPS) is 14.3. The minimum atomic E-state index is -0.0329. The highest BCUT2D eigenvalue weighted by molar-refractivity contribution is 7.59. The second-order valence-electron chi connectivity index (χ2n) is 7.96. The predicted molar refractivity (Wildman–Crippen MR) is 138 cm³/mol. The molecule has 1 aliphatic heterocycles. The summed E-state index contributed by atoms with van der Waals surface area (Å²) in [5.41, 5.74) is 1.62. The SMILES string of the molecule is CNCC[C@H](Oc1ccc(CN2CCN(C)c3nc(C)ncc3C2=O)cc1)c1cccs1.S. The lowest BCUT2D eigenvalue weighted by Crippen LogP contribution is -2.33. The molecule has 1 amide bonds. The first-order chi connectivity index (χ1) is 15.5. The number of aromatic nitrogens is 2. The highest BCUT2D eigenvalue weighted by Gasteiger charge is 2.26. The van der Waals surface area contributed by atoms with Crippen LogP contribution in [0.2, 0.25) is 0 Å². The minimum Gasteiger partial charge on any atom is -0.485 e. The molecule has 2 aromatic heterocycles. The number of thiophene rings is 1. The molecule has 0 saturated heterocycles. The fourth-order valence-electron chi connectivity index (χ4n) is 3.77. The highest BCUT2D eigenvalue weighted by Crippen LogP contribution is 2.28. The summed E-state index contributed by atoms with van der Waals surface area (Å²) in [5, 5.41) is 5.28. The number of hydrogen-bond acceptors (Lipinski definition) is 7. The van der Waals surface area contributed by atoms with Gasteiger partial charge in [-0.1, -0.05) is 18.2 Å². The van der Waals surface area contributed by atoms with Gasteiger partial charge in [-0.25, -0.2) is 9.97 Å². The quantitative estimate of drug-likeness (QED) is 0.524. The molecule has 0 unspecified atom stereocenters. The summed E-state index contributed by atoms with van der Waals surface area (Å²) in [7, 11) is 3.92. The molecule has 7 nitrogen and oxygen atoms in total. The number of fused-ring (bicyclic) bond motifs is 1. The zero-order chi connectivity index (χ0) is 22.5. The fraction of sp³-hybridized carbons (Fsp3) is 0.375. The molecule has 1 aliphatic rings. The highest BCUT2D eigenvalue weighted by atomic mass is 32.1. The summed E-state index contributed by atoms with van der Waals surface area (Å²) < 4.78 is 6.29. The Balaban J connectivity index is 0.00000306. The van der Waals surface area contributed by atoms with Crippen molar-refractivity contribution >= 4 is 36.6 Å². The third kappa shape index (κ3) is 6.04. The summed E-state index contributed by atoms with van der Waals surface area (Å²) in [6, 6.07) is 12.2. The van der Waals surface area contributed by atoms with Crippen LogP contribution in [0.5, 0.6) is 5.75 Å².